The van der Waals surface area contributed by atoms with Crippen molar-refractivity contribution in [2.24, 2.45) is 0 Å². The number of halogens is 1. The fourth-order valence-electron chi connectivity index (χ4n) is 2.12. The highest BCUT2D eigenvalue weighted by Crippen LogP contribution is 2.27. The standard InChI is InChI=1S/C18H19FN2O4/c1-24-15-8-5-13(9-16(15)25-2)11-21-18(23)17(22)20-10-12-3-6-14(19)7-4-12/h3-9H,10-11H2,1-2H3,(H,20,22)(H,21,23). The van der Waals surface area contributed by atoms with Crippen LogP contribution in [0.4, 0.5) is 4.39 Å². The van der Waals surface area contributed by atoms with Gasteiger partial charge in [0.1, 0.15) is 5.82 Å². The van der Waals surface area contributed by atoms with Crippen LogP contribution in [-0.2, 0) is 22.7 Å². The topological polar surface area (TPSA) is 76.7 Å². The summed E-state index contributed by atoms with van der Waals surface area (Å²) in [6, 6.07) is 10.9. The number of ether oxygens (including phenoxy) is 2. The minimum Gasteiger partial charge on any atom is -0.493 e. The van der Waals surface area contributed by atoms with Crippen molar-refractivity contribution in [2.75, 3.05) is 14.2 Å². The number of benzene rings is 2. The molecule has 0 heterocycles. The van der Waals surface area contributed by atoms with E-state index in [2.05, 4.69) is 10.6 Å². The number of nitrogens with one attached hydrogen (secondary N) is 2. The van der Waals surface area contributed by atoms with Crippen molar-refractivity contribution in [3.8, 4) is 11.5 Å². The van der Waals surface area contributed by atoms with Gasteiger partial charge in [0.15, 0.2) is 11.5 Å². The smallest absolute Gasteiger partial charge is 0.309 e. The molecule has 7 heteroatoms. The summed E-state index contributed by atoms with van der Waals surface area (Å²) < 4.78 is 23.1. The fourth-order valence-corrected chi connectivity index (χ4v) is 2.12. The largest absolute Gasteiger partial charge is 0.493 e. The van der Waals surface area contributed by atoms with Gasteiger partial charge in [-0.1, -0.05) is 18.2 Å². The Morgan fingerprint density at radius 3 is 1.92 bits per heavy atom. The van der Waals surface area contributed by atoms with Gasteiger partial charge in [-0.2, -0.15) is 0 Å². The molecule has 0 aliphatic heterocycles. The van der Waals surface area contributed by atoms with Crippen LogP contribution in [0.3, 0.4) is 0 Å². The van der Waals surface area contributed by atoms with Crippen LogP contribution in [0.5, 0.6) is 11.5 Å². The van der Waals surface area contributed by atoms with Crippen LogP contribution in [0.25, 0.3) is 0 Å². The van der Waals surface area contributed by atoms with Crippen LogP contribution in [0.2, 0.25) is 0 Å². The third-order valence-corrected chi connectivity index (χ3v) is 3.47. The summed E-state index contributed by atoms with van der Waals surface area (Å²) in [4.78, 5) is 23.6. The van der Waals surface area contributed by atoms with E-state index in [0.29, 0.717) is 17.1 Å². The van der Waals surface area contributed by atoms with Crippen LogP contribution in [0.15, 0.2) is 42.5 Å². The lowest BCUT2D eigenvalue weighted by atomic mass is 10.2. The molecular formula is C18H19FN2O4. The molecule has 0 bridgehead atoms. The number of carbonyl (C=O) groups is 2. The lowest BCUT2D eigenvalue weighted by Crippen LogP contribution is -2.39. The number of hydrogen-bond donors (Lipinski definition) is 2. The van der Waals surface area contributed by atoms with Gasteiger partial charge in [-0.3, -0.25) is 9.59 Å². The first-order chi connectivity index (χ1) is 12.0. The highest BCUT2D eigenvalue weighted by Gasteiger charge is 2.13. The monoisotopic (exact) mass is 346 g/mol. The molecular weight excluding hydrogens is 327 g/mol. The molecule has 0 saturated carbocycles. The van der Waals surface area contributed by atoms with Crippen molar-refractivity contribution < 1.29 is 23.5 Å². The van der Waals surface area contributed by atoms with E-state index in [-0.39, 0.29) is 18.9 Å². The molecule has 0 saturated heterocycles. The van der Waals surface area contributed by atoms with E-state index in [0.717, 1.165) is 5.56 Å². The molecule has 0 fully saturated rings. The lowest BCUT2D eigenvalue weighted by molar-refractivity contribution is -0.139. The van der Waals surface area contributed by atoms with Gasteiger partial charge in [0, 0.05) is 13.1 Å². The first-order valence-corrected chi connectivity index (χ1v) is 7.55. The summed E-state index contributed by atoms with van der Waals surface area (Å²) in [6.45, 7) is 0.312. The van der Waals surface area contributed by atoms with E-state index >= 15 is 0 Å². The minimum absolute atomic E-state index is 0.142. The van der Waals surface area contributed by atoms with Gasteiger partial charge in [-0.05, 0) is 35.4 Å². The van der Waals surface area contributed by atoms with Crippen LogP contribution in [0.1, 0.15) is 11.1 Å². The van der Waals surface area contributed by atoms with E-state index in [4.69, 9.17) is 9.47 Å². The molecule has 0 aliphatic carbocycles. The Labute approximate surface area is 144 Å². The normalized spacial score (nSPS) is 10.0. The molecule has 2 aromatic carbocycles. The molecule has 132 valence electrons. The molecule has 0 unspecified atom stereocenters. The molecule has 6 nitrogen and oxygen atoms in total. The highest BCUT2D eigenvalue weighted by atomic mass is 19.1. The zero-order valence-electron chi connectivity index (χ0n) is 14.0. The molecule has 0 radical (unpaired) electrons. The number of rotatable bonds is 6. The van der Waals surface area contributed by atoms with E-state index in [1.165, 1.54) is 38.5 Å². The van der Waals surface area contributed by atoms with E-state index in [1.54, 1.807) is 18.2 Å². The van der Waals surface area contributed by atoms with Gasteiger partial charge in [0.05, 0.1) is 14.2 Å². The molecule has 2 amide bonds. The van der Waals surface area contributed by atoms with Crippen LogP contribution < -0.4 is 20.1 Å². The quantitative estimate of drug-likeness (QED) is 0.782. The molecule has 0 spiro atoms. The van der Waals surface area contributed by atoms with E-state index in [9.17, 15) is 14.0 Å². The van der Waals surface area contributed by atoms with Gasteiger partial charge in [0.2, 0.25) is 0 Å². The Hall–Kier alpha value is -3.09. The third-order valence-electron chi connectivity index (χ3n) is 3.47. The van der Waals surface area contributed by atoms with Crippen LogP contribution >= 0.6 is 0 Å². The Morgan fingerprint density at radius 2 is 1.36 bits per heavy atom. The molecule has 2 rings (SSSR count). The van der Waals surface area contributed by atoms with Crippen molar-refractivity contribution in [1.29, 1.82) is 0 Å². The molecule has 2 aromatic rings. The minimum atomic E-state index is -0.759. The van der Waals surface area contributed by atoms with Gasteiger partial charge >= 0.3 is 11.8 Å². The van der Waals surface area contributed by atoms with Gasteiger partial charge in [0.25, 0.3) is 0 Å². The van der Waals surface area contributed by atoms with Crippen LogP contribution in [0, 0.1) is 5.82 Å². The highest BCUT2D eigenvalue weighted by molar-refractivity contribution is 6.35. The summed E-state index contributed by atoms with van der Waals surface area (Å²) >= 11 is 0. The summed E-state index contributed by atoms with van der Waals surface area (Å²) in [7, 11) is 3.05. The second kappa shape index (κ2) is 8.68. The lowest BCUT2D eigenvalue weighted by Gasteiger charge is -2.10. The van der Waals surface area contributed by atoms with Gasteiger partial charge < -0.3 is 20.1 Å². The van der Waals surface area contributed by atoms with Gasteiger partial charge in [-0.15, -0.1) is 0 Å². The van der Waals surface area contributed by atoms with Crippen molar-refractivity contribution in [2.45, 2.75) is 13.1 Å². The van der Waals surface area contributed by atoms with Gasteiger partial charge in [-0.25, -0.2) is 4.39 Å². The fraction of sp³-hybridized carbons (Fsp3) is 0.222. The van der Waals surface area contributed by atoms with E-state index in [1.807, 2.05) is 0 Å². The Morgan fingerprint density at radius 1 is 0.840 bits per heavy atom. The van der Waals surface area contributed by atoms with Crippen molar-refractivity contribution in [1.82, 2.24) is 10.6 Å². The first-order valence-electron chi connectivity index (χ1n) is 7.55. The van der Waals surface area contributed by atoms with Crippen LogP contribution in [-0.4, -0.2) is 26.0 Å². The summed E-state index contributed by atoms with van der Waals surface area (Å²) in [5.74, 6) is -0.755. The second-order valence-corrected chi connectivity index (χ2v) is 5.18. The molecule has 25 heavy (non-hydrogen) atoms. The Bertz CT molecular complexity index is 747. The average molecular weight is 346 g/mol. The predicted octanol–water partition coefficient (Wildman–Crippen LogP) is 1.78. The zero-order valence-corrected chi connectivity index (χ0v) is 14.0. The number of hydrogen-bond acceptors (Lipinski definition) is 4. The molecule has 2 N–H and O–H groups in total. The number of methoxy groups -OCH3 is 2. The average Bonchev–Trinajstić information content (AvgIpc) is 2.65. The molecule has 0 aliphatic rings. The molecule has 0 atom stereocenters. The summed E-state index contributed by atoms with van der Waals surface area (Å²) in [6.07, 6.45) is 0. The first kappa shape index (κ1) is 18.3. The predicted molar refractivity (Wildman–Crippen MR) is 89.6 cm³/mol. The van der Waals surface area contributed by atoms with Crippen molar-refractivity contribution in [3.05, 3.63) is 59.4 Å². The molecule has 0 aromatic heterocycles. The second-order valence-electron chi connectivity index (χ2n) is 5.18. The van der Waals surface area contributed by atoms with Crippen molar-refractivity contribution >= 4 is 11.8 Å². The summed E-state index contributed by atoms with van der Waals surface area (Å²) in [5, 5.41) is 5.00. The maximum absolute atomic E-state index is 12.8. The van der Waals surface area contributed by atoms with E-state index < -0.39 is 11.8 Å². The number of carbonyl (C=O) groups excluding carboxylic acids is 2. The number of amides is 2. The Balaban J connectivity index is 1.84. The van der Waals surface area contributed by atoms with Crippen molar-refractivity contribution in [3.63, 3.8) is 0 Å². The maximum Gasteiger partial charge on any atom is 0.309 e. The summed E-state index contributed by atoms with van der Waals surface area (Å²) in [5.41, 5.74) is 1.46. The third kappa shape index (κ3) is 5.20. The maximum atomic E-state index is 12.8. The SMILES string of the molecule is COc1ccc(CNC(=O)C(=O)NCc2ccc(F)cc2)cc1OC. The zero-order chi connectivity index (χ0) is 18.2. The Kier molecular flexibility index (Phi) is 6.33.